The molecule has 0 aliphatic rings. The van der Waals surface area contributed by atoms with Crippen LogP contribution in [0.4, 0.5) is 0 Å². The Bertz CT molecular complexity index is 732. The number of carbonyl (C=O) groups is 2. The van der Waals surface area contributed by atoms with Crippen molar-refractivity contribution in [1.82, 2.24) is 0 Å². The van der Waals surface area contributed by atoms with Crippen molar-refractivity contribution in [2.45, 2.75) is 13.8 Å². The molecule has 0 aliphatic carbocycles. The number of hydrogen-bond donors (Lipinski definition) is 5. The van der Waals surface area contributed by atoms with Gasteiger partial charge in [0.15, 0.2) is 0 Å². The second-order valence-corrected chi connectivity index (χ2v) is 6.44. The molecule has 5 N–H and O–H groups in total. The predicted molar refractivity (Wildman–Crippen MR) is 111 cm³/mol. The van der Waals surface area contributed by atoms with E-state index in [9.17, 15) is 9.59 Å². The zero-order valence-corrected chi connectivity index (χ0v) is 17.0. The van der Waals surface area contributed by atoms with E-state index in [1.807, 2.05) is 12.1 Å². The molecule has 2 rings (SSSR count). The van der Waals surface area contributed by atoms with Crippen molar-refractivity contribution in [1.29, 1.82) is 0 Å². The number of benzene rings is 2. The minimum atomic E-state index is -4.64. The van der Waals surface area contributed by atoms with Gasteiger partial charge in [-0.05, 0) is 25.0 Å². The fraction of sp³-hybridized carbons (Fsp3) is 0.100. The molecule has 0 amide bonds. The fourth-order valence-corrected chi connectivity index (χ4v) is 1.26. The molecule has 9 heteroatoms. The Labute approximate surface area is 169 Å². The maximum atomic E-state index is 9.60. The standard InChI is InChI=1S/C12H10.2C4H6O2.H3O4P/c1-3-7-11(8-4-1)12-9-5-2-6-10-12;2*1-3(2)4(5)6;1-5(2,3)4/h1-10H;2*1H2,2H3,(H,5,6);(H3,1,2,3,4). The molecule has 0 aliphatic heterocycles. The van der Waals surface area contributed by atoms with Crippen molar-refractivity contribution < 1.29 is 39.0 Å². The molecular weight excluding hydrogens is 399 g/mol. The molecular formula is C20H25O8P. The highest BCUT2D eigenvalue weighted by molar-refractivity contribution is 7.45. The highest BCUT2D eigenvalue weighted by Crippen LogP contribution is 2.25. The first-order valence-corrected chi connectivity index (χ1v) is 9.48. The van der Waals surface area contributed by atoms with Gasteiger partial charge in [0.2, 0.25) is 0 Å². The van der Waals surface area contributed by atoms with E-state index < -0.39 is 19.8 Å². The van der Waals surface area contributed by atoms with Gasteiger partial charge >= 0.3 is 19.8 Å². The number of carboxylic acids is 2. The highest BCUT2D eigenvalue weighted by atomic mass is 31.2. The van der Waals surface area contributed by atoms with Gasteiger partial charge < -0.3 is 24.9 Å². The Hall–Kier alpha value is -3.03. The summed E-state index contributed by atoms with van der Waals surface area (Å²) in [5.41, 5.74) is 2.90. The van der Waals surface area contributed by atoms with Crippen molar-refractivity contribution in [2.75, 3.05) is 0 Å². The van der Waals surface area contributed by atoms with Gasteiger partial charge in [0.25, 0.3) is 0 Å². The number of hydrogen-bond acceptors (Lipinski definition) is 3. The third-order valence-corrected chi connectivity index (χ3v) is 2.61. The molecule has 0 atom stereocenters. The monoisotopic (exact) mass is 424 g/mol. The average Bonchev–Trinajstić information content (AvgIpc) is 2.62. The van der Waals surface area contributed by atoms with Crippen LogP contribution in [-0.2, 0) is 14.2 Å². The van der Waals surface area contributed by atoms with Gasteiger partial charge in [-0.15, -0.1) is 0 Å². The van der Waals surface area contributed by atoms with Crippen LogP contribution in [0.1, 0.15) is 13.8 Å². The Kier molecular flexibility index (Phi) is 14.5. The van der Waals surface area contributed by atoms with Gasteiger partial charge in [-0.2, -0.15) is 0 Å². The normalized spacial score (nSPS) is 9.14. The molecule has 29 heavy (non-hydrogen) atoms. The van der Waals surface area contributed by atoms with E-state index >= 15 is 0 Å². The van der Waals surface area contributed by atoms with Crippen LogP contribution in [0, 0.1) is 0 Å². The second-order valence-electron chi connectivity index (χ2n) is 5.42. The first kappa shape index (κ1) is 28.2. The van der Waals surface area contributed by atoms with Crippen molar-refractivity contribution in [3.05, 3.63) is 85.0 Å². The highest BCUT2D eigenvalue weighted by Gasteiger charge is 2.00. The van der Waals surface area contributed by atoms with E-state index in [4.69, 9.17) is 29.5 Å². The minimum Gasteiger partial charge on any atom is -0.478 e. The lowest BCUT2D eigenvalue weighted by atomic mass is 10.1. The van der Waals surface area contributed by atoms with Crippen molar-refractivity contribution in [3.8, 4) is 11.1 Å². The van der Waals surface area contributed by atoms with Gasteiger partial charge in [-0.3, -0.25) is 0 Å². The quantitative estimate of drug-likeness (QED) is 0.369. The molecule has 0 saturated heterocycles. The van der Waals surface area contributed by atoms with E-state index in [1.165, 1.54) is 25.0 Å². The number of phosphoric acid groups is 1. The second kappa shape index (κ2) is 15.0. The lowest BCUT2D eigenvalue weighted by molar-refractivity contribution is -0.133. The maximum Gasteiger partial charge on any atom is 0.466 e. The maximum absolute atomic E-state index is 9.60. The molecule has 0 aromatic heterocycles. The number of carboxylic acid groups (broad SMARTS) is 2. The Morgan fingerprint density at radius 1 is 0.690 bits per heavy atom. The van der Waals surface area contributed by atoms with Crippen molar-refractivity contribution >= 4 is 19.8 Å². The molecule has 0 spiro atoms. The zero-order valence-electron chi connectivity index (χ0n) is 16.1. The van der Waals surface area contributed by atoms with Crippen molar-refractivity contribution in [2.24, 2.45) is 0 Å². The summed E-state index contributed by atoms with van der Waals surface area (Å²) in [6, 6.07) is 20.8. The van der Waals surface area contributed by atoms with Crippen LogP contribution in [0.15, 0.2) is 85.0 Å². The molecule has 0 radical (unpaired) electrons. The molecule has 8 nitrogen and oxygen atoms in total. The smallest absolute Gasteiger partial charge is 0.466 e. The summed E-state index contributed by atoms with van der Waals surface area (Å²) in [6.45, 7) is 9.20. The Morgan fingerprint density at radius 2 is 0.862 bits per heavy atom. The van der Waals surface area contributed by atoms with E-state index in [0.29, 0.717) is 0 Å². The van der Waals surface area contributed by atoms with Gasteiger partial charge in [-0.25, -0.2) is 14.2 Å². The first-order chi connectivity index (χ1) is 13.3. The van der Waals surface area contributed by atoms with Crippen LogP contribution >= 0.6 is 7.82 Å². The molecule has 0 saturated carbocycles. The summed E-state index contributed by atoms with van der Waals surface area (Å²) in [5.74, 6) is -1.87. The molecule has 2 aromatic rings. The zero-order chi connectivity index (χ0) is 23.0. The fourth-order valence-electron chi connectivity index (χ4n) is 1.26. The summed E-state index contributed by atoms with van der Waals surface area (Å²) in [6.07, 6.45) is 0. The van der Waals surface area contributed by atoms with Gasteiger partial charge in [0.1, 0.15) is 0 Å². The third kappa shape index (κ3) is 21.1. The van der Waals surface area contributed by atoms with Crippen LogP contribution in [0.2, 0.25) is 0 Å². The van der Waals surface area contributed by atoms with Crippen LogP contribution in [0.5, 0.6) is 0 Å². The lowest BCUT2D eigenvalue weighted by Crippen LogP contribution is -1.92. The van der Waals surface area contributed by atoms with Gasteiger partial charge in [-0.1, -0.05) is 73.8 Å². The molecule has 0 fully saturated rings. The first-order valence-electron chi connectivity index (χ1n) is 7.92. The largest absolute Gasteiger partial charge is 0.478 e. The van der Waals surface area contributed by atoms with Gasteiger partial charge in [0.05, 0.1) is 0 Å². The lowest BCUT2D eigenvalue weighted by Gasteiger charge is -1.98. The predicted octanol–water partition coefficient (Wildman–Crippen LogP) is 3.72. The summed E-state index contributed by atoms with van der Waals surface area (Å²) in [7, 11) is -4.64. The summed E-state index contributed by atoms with van der Waals surface area (Å²) < 4.78 is 8.88. The molecule has 158 valence electrons. The SMILES string of the molecule is C=C(C)C(=O)O.C=C(C)C(=O)O.O=P(O)(O)O.c1ccc(-c2ccccc2)cc1. The van der Waals surface area contributed by atoms with E-state index in [0.717, 1.165) is 0 Å². The summed E-state index contributed by atoms with van der Waals surface area (Å²) in [5, 5.41) is 15.8. The van der Waals surface area contributed by atoms with Crippen LogP contribution in [-0.4, -0.2) is 36.8 Å². The van der Waals surface area contributed by atoms with Gasteiger partial charge in [0, 0.05) is 11.1 Å². The molecule has 0 heterocycles. The van der Waals surface area contributed by atoms with Crippen LogP contribution in [0.25, 0.3) is 11.1 Å². The van der Waals surface area contributed by atoms with Crippen molar-refractivity contribution in [3.63, 3.8) is 0 Å². The minimum absolute atomic E-state index is 0.176. The summed E-state index contributed by atoms with van der Waals surface area (Å²) in [4.78, 5) is 40.8. The Morgan fingerprint density at radius 3 is 1.00 bits per heavy atom. The molecule has 0 bridgehead atoms. The van der Waals surface area contributed by atoms with E-state index in [1.54, 1.807) is 0 Å². The topological polar surface area (TPSA) is 152 Å². The molecule has 0 unspecified atom stereocenters. The number of rotatable bonds is 3. The van der Waals surface area contributed by atoms with E-state index in [2.05, 4.69) is 61.7 Å². The third-order valence-electron chi connectivity index (χ3n) is 2.61. The Balaban J connectivity index is 0. The van der Waals surface area contributed by atoms with E-state index in [-0.39, 0.29) is 11.1 Å². The number of aliphatic carboxylic acids is 2. The van der Waals surface area contributed by atoms with Crippen LogP contribution < -0.4 is 0 Å². The summed E-state index contributed by atoms with van der Waals surface area (Å²) >= 11 is 0. The van der Waals surface area contributed by atoms with Crippen LogP contribution in [0.3, 0.4) is 0 Å². The average molecular weight is 424 g/mol. The molecule has 2 aromatic carbocycles.